The molecule has 0 saturated heterocycles. The van der Waals surface area contributed by atoms with E-state index in [9.17, 15) is 4.21 Å². The highest BCUT2D eigenvalue weighted by molar-refractivity contribution is 7.85. The van der Waals surface area contributed by atoms with Crippen molar-refractivity contribution in [1.29, 1.82) is 0 Å². The second-order valence-corrected chi connectivity index (χ2v) is 5.34. The Morgan fingerprint density at radius 3 is 2.73 bits per heavy atom. The molecular weight excluding hydrogens is 158 g/mol. The molecule has 0 aromatic carbocycles. The van der Waals surface area contributed by atoms with Gasteiger partial charge >= 0.3 is 0 Å². The molecular formula is C8H17NOS. The quantitative estimate of drug-likeness (QED) is 0.674. The monoisotopic (exact) mass is 175 g/mol. The molecule has 1 fully saturated rings. The van der Waals surface area contributed by atoms with Crippen LogP contribution in [0.3, 0.4) is 0 Å². The average Bonchev–Trinajstić information content (AvgIpc) is 2.81. The molecule has 0 radical (unpaired) electrons. The maximum atomic E-state index is 11.3. The van der Waals surface area contributed by atoms with Gasteiger partial charge in [-0.05, 0) is 19.3 Å². The van der Waals surface area contributed by atoms with Gasteiger partial charge in [0.25, 0.3) is 0 Å². The third kappa shape index (κ3) is 3.34. The SMILES string of the molecule is CC(CN)S(=O)CCC1CC1. The van der Waals surface area contributed by atoms with E-state index in [1.54, 1.807) is 0 Å². The Morgan fingerprint density at radius 2 is 2.27 bits per heavy atom. The van der Waals surface area contributed by atoms with E-state index in [0.29, 0.717) is 6.54 Å². The molecule has 0 heterocycles. The highest BCUT2D eigenvalue weighted by Gasteiger charge is 2.22. The van der Waals surface area contributed by atoms with Gasteiger partial charge in [-0.3, -0.25) is 4.21 Å². The molecule has 0 amide bonds. The number of rotatable bonds is 5. The Morgan fingerprint density at radius 1 is 1.64 bits per heavy atom. The number of hydrogen-bond donors (Lipinski definition) is 1. The maximum absolute atomic E-state index is 11.3. The van der Waals surface area contributed by atoms with Crippen molar-refractivity contribution < 1.29 is 4.21 Å². The van der Waals surface area contributed by atoms with Gasteiger partial charge in [0.2, 0.25) is 0 Å². The van der Waals surface area contributed by atoms with Crippen molar-refractivity contribution in [3.63, 3.8) is 0 Å². The van der Waals surface area contributed by atoms with E-state index in [0.717, 1.165) is 18.1 Å². The highest BCUT2D eigenvalue weighted by atomic mass is 32.2. The summed E-state index contributed by atoms with van der Waals surface area (Å²) in [4.78, 5) is 0. The lowest BCUT2D eigenvalue weighted by atomic mass is 10.3. The Balaban J connectivity index is 2.08. The summed E-state index contributed by atoms with van der Waals surface area (Å²) >= 11 is 0. The minimum atomic E-state index is -0.670. The minimum Gasteiger partial charge on any atom is -0.329 e. The Labute approximate surface area is 71.0 Å². The van der Waals surface area contributed by atoms with Crippen LogP contribution in [0, 0.1) is 5.92 Å². The van der Waals surface area contributed by atoms with Crippen LogP contribution in [0.1, 0.15) is 26.2 Å². The molecule has 1 aliphatic rings. The van der Waals surface area contributed by atoms with Crippen LogP contribution >= 0.6 is 0 Å². The van der Waals surface area contributed by atoms with Gasteiger partial charge in [-0.1, -0.05) is 12.8 Å². The first kappa shape index (κ1) is 9.20. The average molecular weight is 175 g/mol. The summed E-state index contributed by atoms with van der Waals surface area (Å²) < 4.78 is 11.3. The van der Waals surface area contributed by atoms with E-state index < -0.39 is 10.8 Å². The summed E-state index contributed by atoms with van der Waals surface area (Å²) in [6, 6.07) is 0. The molecule has 3 heteroatoms. The van der Waals surface area contributed by atoms with E-state index in [1.165, 1.54) is 12.8 Å². The molecule has 1 saturated carbocycles. The van der Waals surface area contributed by atoms with Gasteiger partial charge in [0.15, 0.2) is 0 Å². The first-order valence-electron chi connectivity index (χ1n) is 4.31. The van der Waals surface area contributed by atoms with Gasteiger partial charge in [-0.25, -0.2) is 0 Å². The molecule has 2 unspecified atom stereocenters. The van der Waals surface area contributed by atoms with Crippen LogP contribution in [0.5, 0.6) is 0 Å². The minimum absolute atomic E-state index is 0.189. The zero-order valence-corrected chi connectivity index (χ0v) is 7.90. The van der Waals surface area contributed by atoms with E-state index >= 15 is 0 Å². The molecule has 0 aromatic heterocycles. The number of hydrogen-bond acceptors (Lipinski definition) is 2. The first-order valence-corrected chi connectivity index (χ1v) is 5.69. The second-order valence-electron chi connectivity index (χ2n) is 3.36. The van der Waals surface area contributed by atoms with E-state index in [2.05, 4.69) is 0 Å². The fourth-order valence-electron chi connectivity index (χ4n) is 0.998. The van der Waals surface area contributed by atoms with Crippen molar-refractivity contribution in [3.8, 4) is 0 Å². The summed E-state index contributed by atoms with van der Waals surface area (Å²) in [5.74, 6) is 1.76. The summed E-state index contributed by atoms with van der Waals surface area (Å²) in [6.07, 6.45) is 3.86. The topological polar surface area (TPSA) is 43.1 Å². The molecule has 66 valence electrons. The van der Waals surface area contributed by atoms with Crippen LogP contribution in [0.4, 0.5) is 0 Å². The Bertz CT molecular complexity index is 145. The van der Waals surface area contributed by atoms with Crippen molar-refractivity contribution >= 4 is 10.8 Å². The largest absolute Gasteiger partial charge is 0.329 e. The van der Waals surface area contributed by atoms with Gasteiger partial charge < -0.3 is 5.73 Å². The van der Waals surface area contributed by atoms with Crippen LogP contribution in [0.25, 0.3) is 0 Å². The predicted molar refractivity (Wildman–Crippen MR) is 48.9 cm³/mol. The van der Waals surface area contributed by atoms with Crippen LogP contribution in [0.15, 0.2) is 0 Å². The van der Waals surface area contributed by atoms with E-state index in [4.69, 9.17) is 5.73 Å². The fraction of sp³-hybridized carbons (Fsp3) is 1.00. The molecule has 2 atom stereocenters. The zero-order chi connectivity index (χ0) is 8.27. The van der Waals surface area contributed by atoms with Crippen molar-refractivity contribution in [2.24, 2.45) is 11.7 Å². The normalized spacial score (nSPS) is 23.1. The molecule has 1 aliphatic carbocycles. The van der Waals surface area contributed by atoms with Crippen LogP contribution in [-0.2, 0) is 10.8 Å². The van der Waals surface area contributed by atoms with Crippen molar-refractivity contribution in [1.82, 2.24) is 0 Å². The molecule has 0 bridgehead atoms. The third-order valence-corrected chi connectivity index (χ3v) is 3.93. The van der Waals surface area contributed by atoms with Crippen LogP contribution in [-0.4, -0.2) is 21.8 Å². The lowest BCUT2D eigenvalue weighted by Gasteiger charge is -2.07. The predicted octanol–water partition coefficient (Wildman–Crippen LogP) is 0.882. The summed E-state index contributed by atoms with van der Waals surface area (Å²) in [7, 11) is -0.670. The number of nitrogens with two attached hydrogens (primary N) is 1. The standard InChI is InChI=1S/C8H17NOS/c1-7(6-9)11(10)5-4-8-2-3-8/h7-8H,2-6,9H2,1H3. The summed E-state index contributed by atoms with van der Waals surface area (Å²) in [5.41, 5.74) is 5.40. The molecule has 11 heavy (non-hydrogen) atoms. The van der Waals surface area contributed by atoms with E-state index in [-0.39, 0.29) is 5.25 Å². The third-order valence-electron chi connectivity index (χ3n) is 2.20. The smallest absolute Gasteiger partial charge is 0.0442 e. The molecule has 0 aliphatic heterocycles. The molecule has 2 nitrogen and oxygen atoms in total. The molecule has 0 aromatic rings. The second kappa shape index (κ2) is 4.21. The van der Waals surface area contributed by atoms with Gasteiger partial charge in [0.05, 0.1) is 0 Å². The van der Waals surface area contributed by atoms with E-state index in [1.807, 2.05) is 6.92 Å². The molecule has 2 N–H and O–H groups in total. The lowest BCUT2D eigenvalue weighted by Crippen LogP contribution is -2.23. The maximum Gasteiger partial charge on any atom is 0.0442 e. The van der Waals surface area contributed by atoms with Crippen molar-refractivity contribution in [3.05, 3.63) is 0 Å². The summed E-state index contributed by atoms with van der Waals surface area (Å²) in [5, 5.41) is 0.189. The van der Waals surface area contributed by atoms with Gasteiger partial charge in [0, 0.05) is 28.3 Å². The Hall–Kier alpha value is 0.110. The lowest BCUT2D eigenvalue weighted by molar-refractivity contribution is 0.666. The molecule has 1 rings (SSSR count). The van der Waals surface area contributed by atoms with Crippen molar-refractivity contribution in [2.45, 2.75) is 31.4 Å². The Kier molecular flexibility index (Phi) is 3.52. The highest BCUT2D eigenvalue weighted by Crippen LogP contribution is 2.32. The van der Waals surface area contributed by atoms with Crippen molar-refractivity contribution in [2.75, 3.05) is 12.3 Å². The van der Waals surface area contributed by atoms with Crippen LogP contribution < -0.4 is 5.73 Å². The fourth-order valence-corrected chi connectivity index (χ4v) is 2.18. The summed E-state index contributed by atoms with van der Waals surface area (Å²) in [6.45, 7) is 2.51. The van der Waals surface area contributed by atoms with Crippen LogP contribution in [0.2, 0.25) is 0 Å². The molecule has 0 spiro atoms. The zero-order valence-electron chi connectivity index (χ0n) is 7.08. The van der Waals surface area contributed by atoms with Gasteiger partial charge in [0.1, 0.15) is 0 Å². The van der Waals surface area contributed by atoms with Gasteiger partial charge in [-0.2, -0.15) is 0 Å². The first-order chi connectivity index (χ1) is 5.24. The van der Waals surface area contributed by atoms with Gasteiger partial charge in [-0.15, -0.1) is 0 Å².